The van der Waals surface area contributed by atoms with Crippen LogP contribution in [0.15, 0.2) is 41.4 Å². The molecule has 2 heterocycles. The molecule has 0 bridgehead atoms. The van der Waals surface area contributed by atoms with E-state index in [0.717, 1.165) is 0 Å². The summed E-state index contributed by atoms with van der Waals surface area (Å²) < 4.78 is 38.3. The van der Waals surface area contributed by atoms with Gasteiger partial charge in [0, 0.05) is 12.1 Å². The smallest absolute Gasteiger partial charge is 0.262 e. The van der Waals surface area contributed by atoms with Crippen molar-refractivity contribution in [3.8, 4) is 11.5 Å². The number of ether oxygens (including phenoxy) is 2. The highest BCUT2D eigenvalue weighted by molar-refractivity contribution is 7.92. The number of fused-ring (bicyclic) bond motifs is 1. The maximum absolute atomic E-state index is 12.5. The first-order valence-electron chi connectivity index (χ1n) is 7.59. The van der Waals surface area contributed by atoms with E-state index in [1.807, 2.05) is 13.8 Å². The van der Waals surface area contributed by atoms with Gasteiger partial charge in [-0.2, -0.15) is 0 Å². The molecule has 1 aromatic heterocycles. The van der Waals surface area contributed by atoms with Gasteiger partial charge < -0.3 is 14.8 Å². The normalized spacial score (nSPS) is 13.6. The second-order valence-electron chi connectivity index (χ2n) is 5.64. The Balaban J connectivity index is 1.78. The Kier molecular flexibility index (Phi) is 4.48. The van der Waals surface area contributed by atoms with E-state index in [1.54, 1.807) is 18.2 Å². The largest absolute Gasteiger partial charge is 0.486 e. The average Bonchev–Trinajstić information content (AvgIpc) is 2.55. The molecule has 1 aromatic carbocycles. The fraction of sp³-hybridized carbons (Fsp3) is 0.312. The molecule has 1 aliphatic rings. The van der Waals surface area contributed by atoms with Crippen LogP contribution >= 0.6 is 0 Å². The zero-order valence-corrected chi connectivity index (χ0v) is 14.3. The van der Waals surface area contributed by atoms with Gasteiger partial charge in [-0.05, 0) is 38.1 Å². The Hall–Kier alpha value is -2.48. The highest BCUT2D eigenvalue weighted by atomic mass is 32.2. The lowest BCUT2D eigenvalue weighted by atomic mass is 10.3. The first kappa shape index (κ1) is 16.4. The summed E-state index contributed by atoms with van der Waals surface area (Å²) >= 11 is 0. The number of benzene rings is 1. The second-order valence-corrected chi connectivity index (χ2v) is 7.32. The van der Waals surface area contributed by atoms with E-state index in [0.29, 0.717) is 36.2 Å². The molecule has 0 saturated heterocycles. The monoisotopic (exact) mass is 349 g/mol. The summed E-state index contributed by atoms with van der Waals surface area (Å²) in [7, 11) is -3.73. The van der Waals surface area contributed by atoms with Gasteiger partial charge in [0.05, 0.1) is 16.8 Å². The number of hydrogen-bond donors (Lipinski definition) is 2. The number of nitrogens with zero attached hydrogens (tertiary/aromatic N) is 1. The number of rotatable bonds is 5. The van der Waals surface area contributed by atoms with Crippen LogP contribution in [0.25, 0.3) is 0 Å². The van der Waals surface area contributed by atoms with Crippen molar-refractivity contribution in [2.45, 2.75) is 24.8 Å². The molecular weight excluding hydrogens is 330 g/mol. The number of hydrogen-bond acceptors (Lipinski definition) is 6. The van der Waals surface area contributed by atoms with Crippen LogP contribution in [-0.4, -0.2) is 32.7 Å². The van der Waals surface area contributed by atoms with E-state index in [9.17, 15) is 8.42 Å². The number of anilines is 2. The van der Waals surface area contributed by atoms with Gasteiger partial charge in [-0.25, -0.2) is 13.4 Å². The van der Waals surface area contributed by atoms with E-state index in [4.69, 9.17) is 9.47 Å². The Morgan fingerprint density at radius 3 is 2.50 bits per heavy atom. The molecule has 0 spiro atoms. The lowest BCUT2D eigenvalue weighted by molar-refractivity contribution is 0.171. The molecule has 1 aliphatic heterocycles. The standard InChI is InChI=1S/C16H19N3O4S/c1-11(2)18-16-6-3-12(10-17-16)19-24(20,21)13-4-5-14-15(9-13)23-8-7-22-14/h3-6,9-11,19H,7-8H2,1-2H3,(H,17,18). The van der Waals surface area contributed by atoms with E-state index >= 15 is 0 Å². The number of sulfonamides is 1. The molecular formula is C16H19N3O4S. The van der Waals surface area contributed by atoms with Gasteiger partial charge in [-0.15, -0.1) is 0 Å². The third kappa shape index (κ3) is 3.70. The Bertz CT molecular complexity index is 820. The number of aromatic nitrogens is 1. The zero-order chi connectivity index (χ0) is 17.2. The maximum Gasteiger partial charge on any atom is 0.262 e. The SMILES string of the molecule is CC(C)Nc1ccc(NS(=O)(=O)c2ccc3c(c2)OCCO3)cn1. The molecule has 2 N–H and O–H groups in total. The lowest BCUT2D eigenvalue weighted by Crippen LogP contribution is -2.17. The maximum atomic E-state index is 12.5. The molecule has 128 valence electrons. The molecule has 0 atom stereocenters. The third-order valence-electron chi connectivity index (χ3n) is 3.28. The highest BCUT2D eigenvalue weighted by Gasteiger charge is 2.19. The van der Waals surface area contributed by atoms with Crippen molar-refractivity contribution in [3.05, 3.63) is 36.5 Å². The van der Waals surface area contributed by atoms with Gasteiger partial charge >= 0.3 is 0 Å². The topological polar surface area (TPSA) is 89.5 Å². The van der Waals surface area contributed by atoms with Crippen LogP contribution in [0.3, 0.4) is 0 Å². The summed E-state index contributed by atoms with van der Waals surface area (Å²) in [6.45, 7) is 4.86. The minimum atomic E-state index is -3.73. The molecule has 0 amide bonds. The minimum Gasteiger partial charge on any atom is -0.486 e. The van der Waals surface area contributed by atoms with Crippen LogP contribution < -0.4 is 19.5 Å². The Morgan fingerprint density at radius 2 is 1.83 bits per heavy atom. The molecule has 2 aromatic rings. The van der Waals surface area contributed by atoms with Gasteiger partial charge in [0.2, 0.25) is 0 Å². The van der Waals surface area contributed by atoms with E-state index in [2.05, 4.69) is 15.0 Å². The zero-order valence-electron chi connectivity index (χ0n) is 13.4. The molecule has 7 nitrogen and oxygen atoms in total. The first-order chi connectivity index (χ1) is 11.4. The molecule has 0 unspecified atom stereocenters. The van der Waals surface area contributed by atoms with Gasteiger partial charge in [0.1, 0.15) is 19.0 Å². The van der Waals surface area contributed by atoms with E-state index in [1.165, 1.54) is 18.3 Å². The number of pyridine rings is 1. The average molecular weight is 349 g/mol. The lowest BCUT2D eigenvalue weighted by Gasteiger charge is -2.19. The fourth-order valence-corrected chi connectivity index (χ4v) is 3.30. The Morgan fingerprint density at radius 1 is 1.08 bits per heavy atom. The third-order valence-corrected chi connectivity index (χ3v) is 4.66. The molecule has 0 fully saturated rings. The summed E-state index contributed by atoms with van der Waals surface area (Å²) in [5, 5.41) is 3.14. The molecule has 3 rings (SSSR count). The van der Waals surface area contributed by atoms with Gasteiger partial charge in [0.15, 0.2) is 11.5 Å². The van der Waals surface area contributed by atoms with Crippen molar-refractivity contribution in [2.75, 3.05) is 23.3 Å². The number of nitrogens with one attached hydrogen (secondary N) is 2. The van der Waals surface area contributed by atoms with Gasteiger partial charge in [-0.1, -0.05) is 0 Å². The summed E-state index contributed by atoms with van der Waals surface area (Å²) in [5.74, 6) is 1.66. The van der Waals surface area contributed by atoms with Crippen LogP contribution in [0.5, 0.6) is 11.5 Å². The summed E-state index contributed by atoms with van der Waals surface area (Å²) in [4.78, 5) is 4.29. The fourth-order valence-electron chi connectivity index (χ4n) is 2.24. The van der Waals surface area contributed by atoms with Crippen molar-refractivity contribution < 1.29 is 17.9 Å². The van der Waals surface area contributed by atoms with Crippen molar-refractivity contribution >= 4 is 21.5 Å². The molecule has 0 saturated carbocycles. The first-order valence-corrected chi connectivity index (χ1v) is 9.07. The quantitative estimate of drug-likeness (QED) is 0.862. The molecule has 24 heavy (non-hydrogen) atoms. The van der Waals surface area contributed by atoms with Crippen molar-refractivity contribution in [1.29, 1.82) is 0 Å². The highest BCUT2D eigenvalue weighted by Crippen LogP contribution is 2.32. The van der Waals surface area contributed by atoms with Crippen LogP contribution in [0.4, 0.5) is 11.5 Å². The molecule has 0 radical (unpaired) electrons. The van der Waals surface area contributed by atoms with E-state index < -0.39 is 10.0 Å². The predicted molar refractivity (Wildman–Crippen MR) is 91.2 cm³/mol. The second kappa shape index (κ2) is 6.56. The van der Waals surface area contributed by atoms with Crippen molar-refractivity contribution in [1.82, 2.24) is 4.98 Å². The van der Waals surface area contributed by atoms with Gasteiger partial charge in [0.25, 0.3) is 10.0 Å². The van der Waals surface area contributed by atoms with Crippen LogP contribution in [-0.2, 0) is 10.0 Å². The predicted octanol–water partition coefficient (Wildman–Crippen LogP) is 2.47. The Labute approximate surface area is 141 Å². The van der Waals surface area contributed by atoms with Crippen LogP contribution in [0, 0.1) is 0 Å². The van der Waals surface area contributed by atoms with E-state index in [-0.39, 0.29) is 10.9 Å². The van der Waals surface area contributed by atoms with Gasteiger partial charge in [-0.3, -0.25) is 4.72 Å². The summed E-state index contributed by atoms with van der Waals surface area (Å²) in [6, 6.07) is 8.17. The minimum absolute atomic E-state index is 0.108. The summed E-state index contributed by atoms with van der Waals surface area (Å²) in [6.07, 6.45) is 1.47. The molecule has 8 heteroatoms. The summed E-state index contributed by atoms with van der Waals surface area (Å²) in [5.41, 5.74) is 0.388. The van der Waals surface area contributed by atoms with Crippen LogP contribution in [0.1, 0.15) is 13.8 Å². The molecule has 0 aliphatic carbocycles. The van der Waals surface area contributed by atoms with Crippen molar-refractivity contribution in [2.24, 2.45) is 0 Å². The van der Waals surface area contributed by atoms with Crippen LogP contribution in [0.2, 0.25) is 0 Å². The van der Waals surface area contributed by atoms with Crippen molar-refractivity contribution in [3.63, 3.8) is 0 Å².